The molecule has 1 fully saturated rings. The van der Waals surface area contributed by atoms with Gasteiger partial charge in [-0.25, -0.2) is 0 Å². The van der Waals surface area contributed by atoms with E-state index in [4.69, 9.17) is 11.6 Å². The van der Waals surface area contributed by atoms with E-state index >= 15 is 0 Å². The van der Waals surface area contributed by atoms with Gasteiger partial charge in [-0.1, -0.05) is 33.6 Å². The van der Waals surface area contributed by atoms with Crippen LogP contribution in [0.3, 0.4) is 0 Å². The standard InChI is InChI=1S/C24H24BrClN4O/c1-16-21(26)3-2-4-22(16)29-23-10-5-17(25)15-20(23)24(31)28-18-6-8-19(9-7-18)30-13-11-27-12-14-30/h2-10,15,27,29H,11-14H2,1H3,(H,28,31). The Balaban J connectivity index is 1.53. The quantitative estimate of drug-likeness (QED) is 0.414. The average Bonchev–Trinajstić information content (AvgIpc) is 2.79. The lowest BCUT2D eigenvalue weighted by atomic mass is 10.1. The second-order valence-corrected chi connectivity index (χ2v) is 8.79. The highest BCUT2D eigenvalue weighted by Crippen LogP contribution is 2.30. The number of piperazine rings is 1. The van der Waals surface area contributed by atoms with Crippen LogP contribution in [-0.2, 0) is 0 Å². The Kier molecular flexibility index (Phi) is 6.80. The Morgan fingerprint density at radius 3 is 2.52 bits per heavy atom. The van der Waals surface area contributed by atoms with Crippen LogP contribution in [0.2, 0.25) is 5.02 Å². The van der Waals surface area contributed by atoms with Crippen LogP contribution in [0, 0.1) is 6.92 Å². The molecule has 1 aliphatic rings. The molecule has 3 N–H and O–H groups in total. The molecule has 0 aliphatic carbocycles. The predicted molar refractivity (Wildman–Crippen MR) is 133 cm³/mol. The highest BCUT2D eigenvalue weighted by atomic mass is 79.9. The minimum absolute atomic E-state index is 0.182. The van der Waals surface area contributed by atoms with Crippen LogP contribution in [0.4, 0.5) is 22.7 Å². The van der Waals surface area contributed by atoms with Crippen LogP contribution in [0.25, 0.3) is 0 Å². The first-order valence-corrected chi connectivity index (χ1v) is 11.4. The molecule has 1 saturated heterocycles. The summed E-state index contributed by atoms with van der Waals surface area (Å²) < 4.78 is 0.833. The highest BCUT2D eigenvalue weighted by molar-refractivity contribution is 9.10. The lowest BCUT2D eigenvalue weighted by Crippen LogP contribution is -2.43. The third-order valence-electron chi connectivity index (χ3n) is 5.37. The van der Waals surface area contributed by atoms with E-state index in [1.54, 1.807) is 0 Å². The zero-order valence-electron chi connectivity index (χ0n) is 17.2. The maximum Gasteiger partial charge on any atom is 0.257 e. The van der Waals surface area contributed by atoms with Gasteiger partial charge in [-0.05, 0) is 67.1 Å². The average molecular weight is 500 g/mol. The monoisotopic (exact) mass is 498 g/mol. The molecule has 0 saturated carbocycles. The van der Waals surface area contributed by atoms with E-state index < -0.39 is 0 Å². The van der Waals surface area contributed by atoms with Crippen molar-refractivity contribution in [3.63, 3.8) is 0 Å². The van der Waals surface area contributed by atoms with Crippen molar-refractivity contribution in [2.24, 2.45) is 0 Å². The van der Waals surface area contributed by atoms with Crippen LogP contribution in [0.5, 0.6) is 0 Å². The minimum atomic E-state index is -0.182. The second-order valence-electron chi connectivity index (χ2n) is 7.47. The number of halogens is 2. The number of carbonyl (C=O) groups is 1. The first-order valence-electron chi connectivity index (χ1n) is 10.2. The number of nitrogens with zero attached hydrogens (tertiary/aromatic N) is 1. The maximum absolute atomic E-state index is 13.1. The molecule has 1 amide bonds. The van der Waals surface area contributed by atoms with Crippen LogP contribution in [-0.4, -0.2) is 32.1 Å². The minimum Gasteiger partial charge on any atom is -0.369 e. The fourth-order valence-electron chi connectivity index (χ4n) is 3.58. The fourth-order valence-corrected chi connectivity index (χ4v) is 4.11. The molecule has 160 valence electrons. The zero-order valence-corrected chi connectivity index (χ0v) is 19.6. The summed E-state index contributed by atoms with van der Waals surface area (Å²) in [6.07, 6.45) is 0. The Labute approximate surface area is 195 Å². The Morgan fingerprint density at radius 2 is 1.77 bits per heavy atom. The molecule has 4 rings (SSSR count). The van der Waals surface area contributed by atoms with Crippen LogP contribution < -0.4 is 20.9 Å². The van der Waals surface area contributed by atoms with E-state index in [2.05, 4.69) is 48.9 Å². The van der Waals surface area contributed by atoms with Gasteiger partial charge in [-0.2, -0.15) is 0 Å². The van der Waals surface area contributed by atoms with Crippen molar-refractivity contribution in [3.8, 4) is 0 Å². The van der Waals surface area contributed by atoms with Crippen LogP contribution in [0.15, 0.2) is 65.1 Å². The summed E-state index contributed by atoms with van der Waals surface area (Å²) in [7, 11) is 0. The Hall–Kier alpha value is -2.54. The first kappa shape index (κ1) is 21.7. The van der Waals surface area contributed by atoms with E-state index in [9.17, 15) is 4.79 Å². The van der Waals surface area contributed by atoms with Crippen molar-refractivity contribution < 1.29 is 4.79 Å². The Bertz CT molecular complexity index is 1080. The lowest BCUT2D eigenvalue weighted by molar-refractivity contribution is 0.102. The molecule has 0 atom stereocenters. The lowest BCUT2D eigenvalue weighted by Gasteiger charge is -2.29. The van der Waals surface area contributed by atoms with E-state index in [1.807, 2.05) is 55.5 Å². The number of benzene rings is 3. The summed E-state index contributed by atoms with van der Waals surface area (Å²) in [4.78, 5) is 15.4. The number of rotatable bonds is 5. The molecular weight excluding hydrogens is 476 g/mol. The van der Waals surface area contributed by atoms with E-state index in [0.717, 1.165) is 47.6 Å². The normalized spacial score (nSPS) is 13.7. The molecule has 5 nitrogen and oxygen atoms in total. The number of nitrogens with one attached hydrogen (secondary N) is 3. The summed E-state index contributed by atoms with van der Waals surface area (Å²) in [6.45, 7) is 5.90. The van der Waals surface area contributed by atoms with Gasteiger partial charge in [-0.15, -0.1) is 0 Å². The SMILES string of the molecule is Cc1c(Cl)cccc1Nc1ccc(Br)cc1C(=O)Nc1ccc(N2CCNCC2)cc1. The smallest absolute Gasteiger partial charge is 0.257 e. The van der Waals surface area contributed by atoms with Gasteiger partial charge in [-0.3, -0.25) is 4.79 Å². The second kappa shape index (κ2) is 9.73. The molecule has 1 heterocycles. The largest absolute Gasteiger partial charge is 0.369 e. The molecule has 7 heteroatoms. The number of anilines is 4. The Morgan fingerprint density at radius 1 is 1.03 bits per heavy atom. The van der Waals surface area contributed by atoms with Gasteiger partial charge in [0, 0.05) is 52.7 Å². The van der Waals surface area contributed by atoms with Crippen molar-refractivity contribution in [3.05, 3.63) is 81.3 Å². The van der Waals surface area contributed by atoms with E-state index in [-0.39, 0.29) is 5.91 Å². The topological polar surface area (TPSA) is 56.4 Å². The molecule has 31 heavy (non-hydrogen) atoms. The summed E-state index contributed by atoms with van der Waals surface area (Å²) in [5, 5.41) is 10.4. The molecule has 0 bridgehead atoms. The summed E-state index contributed by atoms with van der Waals surface area (Å²) in [5.41, 5.74) is 4.98. The van der Waals surface area contributed by atoms with Crippen molar-refractivity contribution in [2.45, 2.75) is 6.92 Å². The van der Waals surface area contributed by atoms with Gasteiger partial charge >= 0.3 is 0 Å². The van der Waals surface area contributed by atoms with E-state index in [0.29, 0.717) is 16.3 Å². The molecule has 3 aromatic rings. The van der Waals surface area contributed by atoms with Crippen molar-refractivity contribution in [1.82, 2.24) is 5.32 Å². The predicted octanol–water partition coefficient (Wildman–Crippen LogP) is 5.82. The van der Waals surface area contributed by atoms with Gasteiger partial charge in [0.2, 0.25) is 0 Å². The molecule has 0 radical (unpaired) electrons. The van der Waals surface area contributed by atoms with Crippen molar-refractivity contribution in [2.75, 3.05) is 41.7 Å². The molecule has 0 spiro atoms. The fraction of sp³-hybridized carbons (Fsp3) is 0.208. The number of hydrogen-bond donors (Lipinski definition) is 3. The third-order valence-corrected chi connectivity index (χ3v) is 6.27. The van der Waals surface area contributed by atoms with Crippen molar-refractivity contribution >= 4 is 56.2 Å². The molecule has 3 aromatic carbocycles. The third kappa shape index (κ3) is 5.21. The van der Waals surface area contributed by atoms with Gasteiger partial charge < -0.3 is 20.9 Å². The number of hydrogen-bond acceptors (Lipinski definition) is 4. The maximum atomic E-state index is 13.1. The van der Waals surface area contributed by atoms with Gasteiger partial charge in [0.25, 0.3) is 5.91 Å². The first-order chi connectivity index (χ1) is 15.0. The van der Waals surface area contributed by atoms with Crippen LogP contribution in [0.1, 0.15) is 15.9 Å². The summed E-state index contributed by atoms with van der Waals surface area (Å²) >= 11 is 9.73. The zero-order chi connectivity index (χ0) is 21.8. The molecular formula is C24H24BrClN4O. The summed E-state index contributed by atoms with van der Waals surface area (Å²) in [5.74, 6) is -0.182. The van der Waals surface area contributed by atoms with Crippen molar-refractivity contribution in [1.29, 1.82) is 0 Å². The van der Waals surface area contributed by atoms with E-state index in [1.165, 1.54) is 5.69 Å². The number of amides is 1. The van der Waals surface area contributed by atoms with Gasteiger partial charge in [0.15, 0.2) is 0 Å². The number of carbonyl (C=O) groups excluding carboxylic acids is 1. The molecule has 0 unspecified atom stereocenters. The highest BCUT2D eigenvalue weighted by Gasteiger charge is 2.15. The van der Waals surface area contributed by atoms with Crippen LogP contribution >= 0.6 is 27.5 Å². The molecule has 1 aliphatic heterocycles. The van der Waals surface area contributed by atoms with Gasteiger partial charge in [0.05, 0.1) is 11.3 Å². The molecule has 0 aromatic heterocycles. The summed E-state index contributed by atoms with van der Waals surface area (Å²) in [6, 6.07) is 19.3. The van der Waals surface area contributed by atoms with Gasteiger partial charge in [0.1, 0.15) is 0 Å².